The molecule has 0 saturated heterocycles. The summed E-state index contributed by atoms with van der Waals surface area (Å²) in [5.74, 6) is 0.257. The van der Waals surface area contributed by atoms with Crippen LogP contribution in [0.3, 0.4) is 0 Å². The zero-order valence-corrected chi connectivity index (χ0v) is 16.0. The Morgan fingerprint density at radius 1 is 1.15 bits per heavy atom. The molecule has 0 radical (unpaired) electrons. The molecule has 0 aromatic heterocycles. The van der Waals surface area contributed by atoms with Crippen molar-refractivity contribution in [3.8, 4) is 5.75 Å². The van der Waals surface area contributed by atoms with E-state index >= 15 is 0 Å². The Balaban J connectivity index is 1.91. The van der Waals surface area contributed by atoms with Crippen molar-refractivity contribution in [3.63, 3.8) is 0 Å². The zero-order valence-electron chi connectivity index (χ0n) is 15.2. The highest BCUT2D eigenvalue weighted by Gasteiger charge is 2.17. The van der Waals surface area contributed by atoms with E-state index in [9.17, 15) is 9.59 Å². The van der Waals surface area contributed by atoms with Gasteiger partial charge in [-0.05, 0) is 43.2 Å². The number of ether oxygens (including phenoxy) is 1. The first kappa shape index (κ1) is 19.8. The van der Waals surface area contributed by atoms with Crippen molar-refractivity contribution >= 4 is 29.1 Å². The molecule has 138 valence electrons. The Hall–Kier alpha value is -2.53. The Kier molecular flexibility index (Phi) is 7.04. The lowest BCUT2D eigenvalue weighted by Crippen LogP contribution is -2.39. The SMILES string of the molecule is CC(=O)N(CCNC(=O)COc1ccccc1)c1c(C)cc(C)cc1Cl. The van der Waals surface area contributed by atoms with Crippen molar-refractivity contribution in [3.05, 3.63) is 58.6 Å². The number of halogens is 1. The molecule has 26 heavy (non-hydrogen) atoms. The number of anilines is 1. The second kappa shape index (κ2) is 9.25. The zero-order chi connectivity index (χ0) is 19.1. The summed E-state index contributed by atoms with van der Waals surface area (Å²) >= 11 is 6.33. The number of carbonyl (C=O) groups excluding carboxylic acids is 2. The summed E-state index contributed by atoms with van der Waals surface area (Å²) in [6.07, 6.45) is 0. The molecule has 2 amide bonds. The van der Waals surface area contributed by atoms with Crippen LogP contribution in [0.1, 0.15) is 18.1 Å². The number of aryl methyl sites for hydroxylation is 2. The molecule has 2 aromatic rings. The Bertz CT molecular complexity index is 755. The van der Waals surface area contributed by atoms with Gasteiger partial charge in [-0.25, -0.2) is 0 Å². The van der Waals surface area contributed by atoms with Crippen LogP contribution in [-0.2, 0) is 9.59 Å². The fourth-order valence-corrected chi connectivity index (χ4v) is 3.12. The maximum Gasteiger partial charge on any atom is 0.258 e. The lowest BCUT2D eigenvalue weighted by atomic mass is 10.1. The van der Waals surface area contributed by atoms with Crippen LogP contribution in [0.25, 0.3) is 0 Å². The lowest BCUT2D eigenvalue weighted by Gasteiger charge is -2.25. The van der Waals surface area contributed by atoms with Gasteiger partial charge in [-0.2, -0.15) is 0 Å². The Labute approximate surface area is 158 Å². The average Bonchev–Trinajstić information content (AvgIpc) is 2.58. The van der Waals surface area contributed by atoms with E-state index in [1.807, 2.05) is 44.2 Å². The van der Waals surface area contributed by atoms with Crippen LogP contribution < -0.4 is 15.0 Å². The molecule has 0 aliphatic carbocycles. The fourth-order valence-electron chi connectivity index (χ4n) is 2.70. The number of hydrogen-bond donors (Lipinski definition) is 1. The molecule has 0 bridgehead atoms. The second-order valence-corrected chi connectivity index (χ2v) is 6.44. The van der Waals surface area contributed by atoms with Crippen LogP contribution in [0, 0.1) is 13.8 Å². The summed E-state index contributed by atoms with van der Waals surface area (Å²) in [6, 6.07) is 12.9. The highest BCUT2D eigenvalue weighted by atomic mass is 35.5. The average molecular weight is 375 g/mol. The second-order valence-electron chi connectivity index (χ2n) is 6.03. The molecule has 1 N–H and O–H groups in total. The van der Waals surface area contributed by atoms with Crippen molar-refractivity contribution in [1.29, 1.82) is 0 Å². The molecule has 0 saturated carbocycles. The number of rotatable bonds is 7. The molecule has 2 rings (SSSR count). The van der Waals surface area contributed by atoms with Gasteiger partial charge in [0.15, 0.2) is 6.61 Å². The molecule has 2 aromatic carbocycles. The number of nitrogens with zero attached hydrogens (tertiary/aromatic N) is 1. The monoisotopic (exact) mass is 374 g/mol. The van der Waals surface area contributed by atoms with Gasteiger partial charge >= 0.3 is 0 Å². The van der Waals surface area contributed by atoms with Gasteiger partial charge in [0.25, 0.3) is 5.91 Å². The van der Waals surface area contributed by atoms with E-state index in [1.54, 1.807) is 17.0 Å². The first-order valence-corrected chi connectivity index (χ1v) is 8.75. The third-order valence-electron chi connectivity index (χ3n) is 3.82. The van der Waals surface area contributed by atoms with Crippen LogP contribution in [0.4, 0.5) is 5.69 Å². The van der Waals surface area contributed by atoms with Crippen molar-refractivity contribution in [2.45, 2.75) is 20.8 Å². The highest BCUT2D eigenvalue weighted by Crippen LogP contribution is 2.31. The molecule has 0 heterocycles. The van der Waals surface area contributed by atoms with Crippen molar-refractivity contribution in [2.75, 3.05) is 24.6 Å². The largest absolute Gasteiger partial charge is 0.484 e. The number of para-hydroxylation sites is 1. The molecular weight excluding hydrogens is 352 g/mol. The smallest absolute Gasteiger partial charge is 0.258 e. The van der Waals surface area contributed by atoms with Gasteiger partial charge in [0.05, 0.1) is 10.7 Å². The van der Waals surface area contributed by atoms with Gasteiger partial charge in [0.1, 0.15) is 5.75 Å². The van der Waals surface area contributed by atoms with Crippen LogP contribution in [0.15, 0.2) is 42.5 Å². The van der Waals surface area contributed by atoms with E-state index in [4.69, 9.17) is 16.3 Å². The van der Waals surface area contributed by atoms with Gasteiger partial charge in [-0.1, -0.05) is 35.9 Å². The third-order valence-corrected chi connectivity index (χ3v) is 4.11. The topological polar surface area (TPSA) is 58.6 Å². The first-order valence-electron chi connectivity index (χ1n) is 8.38. The Morgan fingerprint density at radius 3 is 2.46 bits per heavy atom. The standard InChI is InChI=1S/C20H23ClN2O3/c1-14-11-15(2)20(18(21)12-14)23(16(3)24)10-9-22-19(25)13-26-17-7-5-4-6-8-17/h4-8,11-12H,9-10,13H2,1-3H3,(H,22,25). The number of carbonyl (C=O) groups is 2. The number of hydrogen-bond acceptors (Lipinski definition) is 3. The summed E-state index contributed by atoms with van der Waals surface area (Å²) < 4.78 is 5.40. The van der Waals surface area contributed by atoms with Gasteiger partial charge in [0, 0.05) is 20.0 Å². The lowest BCUT2D eigenvalue weighted by molar-refractivity contribution is -0.123. The van der Waals surface area contributed by atoms with Crippen LogP contribution in [0.2, 0.25) is 5.02 Å². The molecule has 0 spiro atoms. The first-order chi connectivity index (χ1) is 12.4. The third kappa shape index (κ3) is 5.49. The quantitative estimate of drug-likeness (QED) is 0.806. The van der Waals surface area contributed by atoms with E-state index in [0.29, 0.717) is 29.5 Å². The molecule has 6 heteroatoms. The minimum atomic E-state index is -0.246. The number of amides is 2. The minimum Gasteiger partial charge on any atom is -0.484 e. The van der Waals surface area contributed by atoms with E-state index in [1.165, 1.54) is 6.92 Å². The highest BCUT2D eigenvalue weighted by molar-refractivity contribution is 6.34. The summed E-state index contributed by atoms with van der Waals surface area (Å²) in [4.78, 5) is 25.5. The van der Waals surface area contributed by atoms with Crippen molar-refractivity contribution in [1.82, 2.24) is 5.32 Å². The number of nitrogens with one attached hydrogen (secondary N) is 1. The molecule has 0 unspecified atom stereocenters. The molecule has 0 aliphatic heterocycles. The van der Waals surface area contributed by atoms with Gasteiger partial charge in [-0.3, -0.25) is 9.59 Å². The molecule has 0 atom stereocenters. The molecule has 0 aliphatic rings. The Morgan fingerprint density at radius 2 is 1.85 bits per heavy atom. The van der Waals surface area contributed by atoms with E-state index < -0.39 is 0 Å². The van der Waals surface area contributed by atoms with Crippen LogP contribution in [0.5, 0.6) is 5.75 Å². The normalized spacial score (nSPS) is 10.3. The molecule has 0 fully saturated rings. The maximum atomic E-state index is 12.1. The predicted molar refractivity (Wildman–Crippen MR) is 104 cm³/mol. The molecule has 5 nitrogen and oxygen atoms in total. The summed E-state index contributed by atoms with van der Waals surface area (Å²) in [5.41, 5.74) is 2.63. The number of benzene rings is 2. The summed E-state index contributed by atoms with van der Waals surface area (Å²) in [6.45, 7) is 5.91. The van der Waals surface area contributed by atoms with Crippen molar-refractivity contribution < 1.29 is 14.3 Å². The van der Waals surface area contributed by atoms with E-state index in [0.717, 1.165) is 11.1 Å². The van der Waals surface area contributed by atoms with E-state index in [2.05, 4.69) is 5.32 Å². The predicted octanol–water partition coefficient (Wildman–Crippen LogP) is 3.50. The maximum absolute atomic E-state index is 12.1. The van der Waals surface area contributed by atoms with Gasteiger partial charge in [-0.15, -0.1) is 0 Å². The van der Waals surface area contributed by atoms with Crippen LogP contribution >= 0.6 is 11.6 Å². The van der Waals surface area contributed by atoms with Gasteiger partial charge in [0.2, 0.25) is 5.91 Å². The summed E-state index contributed by atoms with van der Waals surface area (Å²) in [5, 5.41) is 3.28. The van der Waals surface area contributed by atoms with E-state index in [-0.39, 0.29) is 18.4 Å². The van der Waals surface area contributed by atoms with Crippen LogP contribution in [-0.4, -0.2) is 31.5 Å². The van der Waals surface area contributed by atoms with Crippen molar-refractivity contribution in [2.24, 2.45) is 0 Å². The fraction of sp³-hybridized carbons (Fsp3) is 0.300. The molecular formula is C20H23ClN2O3. The summed E-state index contributed by atoms with van der Waals surface area (Å²) in [7, 11) is 0. The minimum absolute atomic E-state index is 0.0750. The van der Waals surface area contributed by atoms with Gasteiger partial charge < -0.3 is 15.0 Å².